The van der Waals surface area contributed by atoms with E-state index in [1.54, 1.807) is 0 Å². The number of benzene rings is 2. The highest BCUT2D eigenvalue weighted by Gasteiger charge is 1.97. The van der Waals surface area contributed by atoms with Crippen LogP contribution in [0.4, 0.5) is 0 Å². The Bertz CT molecular complexity index is 709. The largest absolute Gasteiger partial charge is 0.391 e. The first-order valence-electron chi connectivity index (χ1n) is 6.91. The standard InChI is InChI=1S/C20H16O2/c21-15-19(17-9-3-1-4-10-17)13-7-8-14-20(16-22)18-11-5-2-6-12-18/h1-6,9-12,21-22H,15-16H2. The number of hydrogen-bond donors (Lipinski definition) is 2. The summed E-state index contributed by atoms with van der Waals surface area (Å²) >= 11 is 0. The molecular formula is C20H16O2. The van der Waals surface area contributed by atoms with Crippen molar-refractivity contribution >= 4 is 11.1 Å². The zero-order valence-corrected chi connectivity index (χ0v) is 12.1. The lowest BCUT2D eigenvalue weighted by molar-refractivity contribution is 0.350. The van der Waals surface area contributed by atoms with Crippen LogP contribution in [0, 0.1) is 0 Å². The third kappa shape index (κ3) is 4.36. The molecule has 108 valence electrons. The summed E-state index contributed by atoms with van der Waals surface area (Å²) in [6, 6.07) is 19.0. The maximum Gasteiger partial charge on any atom is 0.0766 e. The van der Waals surface area contributed by atoms with Gasteiger partial charge < -0.3 is 10.2 Å². The molecule has 0 amide bonds. The average molecular weight is 288 g/mol. The van der Waals surface area contributed by atoms with Crippen LogP contribution in [0.15, 0.2) is 83.6 Å². The zero-order chi connectivity index (χ0) is 15.6. The van der Waals surface area contributed by atoms with Gasteiger partial charge >= 0.3 is 0 Å². The lowest BCUT2D eigenvalue weighted by Gasteiger charge is -1.98. The number of rotatable bonds is 4. The van der Waals surface area contributed by atoms with Gasteiger partial charge in [-0.05, 0) is 22.6 Å². The molecule has 0 radical (unpaired) electrons. The summed E-state index contributed by atoms with van der Waals surface area (Å²) in [6.07, 6.45) is 0. The van der Waals surface area contributed by atoms with E-state index in [9.17, 15) is 10.2 Å². The van der Waals surface area contributed by atoms with Gasteiger partial charge in [0.2, 0.25) is 0 Å². The van der Waals surface area contributed by atoms with E-state index < -0.39 is 0 Å². The predicted molar refractivity (Wildman–Crippen MR) is 87.9 cm³/mol. The van der Waals surface area contributed by atoms with Gasteiger partial charge in [-0.15, -0.1) is 0 Å². The van der Waals surface area contributed by atoms with Crippen molar-refractivity contribution in [2.75, 3.05) is 13.2 Å². The van der Waals surface area contributed by atoms with Gasteiger partial charge in [-0.1, -0.05) is 72.1 Å². The average Bonchev–Trinajstić information content (AvgIpc) is 2.60. The van der Waals surface area contributed by atoms with Gasteiger partial charge in [0.05, 0.1) is 13.2 Å². The van der Waals surface area contributed by atoms with Crippen LogP contribution >= 0.6 is 0 Å². The van der Waals surface area contributed by atoms with Crippen LogP contribution in [-0.4, -0.2) is 23.4 Å². The van der Waals surface area contributed by atoms with Gasteiger partial charge in [0.25, 0.3) is 0 Å². The Morgan fingerprint density at radius 1 is 0.636 bits per heavy atom. The highest BCUT2D eigenvalue weighted by molar-refractivity contribution is 5.66. The second-order valence-electron chi connectivity index (χ2n) is 4.51. The SMILES string of the molecule is OCC(=C=C=C=C=C(CO)c1ccccc1)c1ccccc1. The molecule has 0 heterocycles. The number of aliphatic hydroxyl groups excluding tert-OH is 2. The Hall–Kier alpha value is -2.78. The molecule has 2 N–H and O–H groups in total. The molecule has 0 fully saturated rings. The molecule has 0 spiro atoms. The van der Waals surface area contributed by atoms with Crippen molar-refractivity contribution in [1.82, 2.24) is 0 Å². The van der Waals surface area contributed by atoms with Crippen molar-refractivity contribution < 1.29 is 10.2 Å². The number of hydrogen-bond acceptors (Lipinski definition) is 2. The molecule has 0 atom stereocenters. The van der Waals surface area contributed by atoms with Crippen LogP contribution in [0.2, 0.25) is 0 Å². The maximum atomic E-state index is 9.38. The van der Waals surface area contributed by atoms with Crippen molar-refractivity contribution in [2.24, 2.45) is 0 Å². The van der Waals surface area contributed by atoms with Crippen LogP contribution in [0.25, 0.3) is 11.1 Å². The molecule has 2 heteroatoms. The Morgan fingerprint density at radius 3 is 1.32 bits per heavy atom. The highest BCUT2D eigenvalue weighted by Crippen LogP contribution is 2.11. The van der Waals surface area contributed by atoms with E-state index in [0.717, 1.165) is 11.1 Å². The lowest BCUT2D eigenvalue weighted by Crippen LogP contribution is -1.87. The molecule has 0 aliphatic heterocycles. The molecular weight excluding hydrogens is 272 g/mol. The normalized spacial score (nSPS) is 9.00. The summed E-state index contributed by atoms with van der Waals surface area (Å²) in [5.41, 5.74) is 14.2. The van der Waals surface area contributed by atoms with Crippen molar-refractivity contribution in [1.29, 1.82) is 0 Å². The van der Waals surface area contributed by atoms with Gasteiger partial charge in [-0.3, -0.25) is 0 Å². The van der Waals surface area contributed by atoms with Crippen molar-refractivity contribution in [3.8, 4) is 0 Å². The second-order valence-corrected chi connectivity index (χ2v) is 4.51. The fourth-order valence-corrected chi connectivity index (χ4v) is 1.90. The van der Waals surface area contributed by atoms with Gasteiger partial charge in [-0.2, -0.15) is 0 Å². The topological polar surface area (TPSA) is 40.5 Å². The third-order valence-corrected chi connectivity index (χ3v) is 3.05. The quantitative estimate of drug-likeness (QED) is 0.848. The molecule has 0 unspecified atom stereocenters. The third-order valence-electron chi connectivity index (χ3n) is 3.05. The van der Waals surface area contributed by atoms with E-state index in [2.05, 4.69) is 22.9 Å². The van der Waals surface area contributed by atoms with Crippen molar-refractivity contribution in [3.05, 3.63) is 94.7 Å². The lowest BCUT2D eigenvalue weighted by atomic mass is 10.1. The van der Waals surface area contributed by atoms with Gasteiger partial charge in [-0.25, -0.2) is 0 Å². The molecule has 0 bridgehead atoms. The highest BCUT2D eigenvalue weighted by atomic mass is 16.3. The molecule has 0 saturated carbocycles. The van der Waals surface area contributed by atoms with Gasteiger partial charge in [0, 0.05) is 11.1 Å². The minimum Gasteiger partial charge on any atom is -0.391 e. The zero-order valence-electron chi connectivity index (χ0n) is 12.1. The van der Waals surface area contributed by atoms with E-state index in [1.807, 2.05) is 60.7 Å². The first-order chi connectivity index (χ1) is 10.8. The Morgan fingerprint density at radius 2 is 1.00 bits per heavy atom. The summed E-state index contributed by atoms with van der Waals surface area (Å²) in [5, 5.41) is 18.8. The van der Waals surface area contributed by atoms with Crippen LogP contribution in [-0.2, 0) is 0 Å². The predicted octanol–water partition coefficient (Wildman–Crippen LogP) is 3.20. The maximum absolute atomic E-state index is 9.38. The molecule has 2 aromatic rings. The fourth-order valence-electron chi connectivity index (χ4n) is 1.90. The van der Waals surface area contributed by atoms with Gasteiger partial charge in [0.1, 0.15) is 0 Å². The van der Waals surface area contributed by atoms with Crippen LogP contribution in [0.3, 0.4) is 0 Å². The molecule has 2 nitrogen and oxygen atoms in total. The van der Waals surface area contributed by atoms with Crippen molar-refractivity contribution in [3.63, 3.8) is 0 Å². The molecule has 0 aliphatic carbocycles. The summed E-state index contributed by atoms with van der Waals surface area (Å²) < 4.78 is 0. The Kier molecular flexibility index (Phi) is 6.03. The van der Waals surface area contributed by atoms with Gasteiger partial charge in [0.15, 0.2) is 0 Å². The van der Waals surface area contributed by atoms with Crippen LogP contribution in [0.1, 0.15) is 11.1 Å². The van der Waals surface area contributed by atoms with E-state index in [0.29, 0.717) is 11.1 Å². The van der Waals surface area contributed by atoms with Crippen LogP contribution < -0.4 is 0 Å². The minimum atomic E-state index is -0.131. The van der Waals surface area contributed by atoms with Crippen molar-refractivity contribution in [2.45, 2.75) is 0 Å². The summed E-state index contributed by atoms with van der Waals surface area (Å²) in [4.78, 5) is 0. The smallest absolute Gasteiger partial charge is 0.0766 e. The van der Waals surface area contributed by atoms with E-state index in [1.165, 1.54) is 0 Å². The summed E-state index contributed by atoms with van der Waals surface area (Å²) in [6.45, 7) is -0.262. The minimum absolute atomic E-state index is 0.131. The Labute approximate surface area is 130 Å². The first kappa shape index (κ1) is 15.6. The molecule has 2 rings (SSSR count). The molecule has 22 heavy (non-hydrogen) atoms. The van der Waals surface area contributed by atoms with Crippen LogP contribution in [0.5, 0.6) is 0 Å². The van der Waals surface area contributed by atoms with E-state index in [-0.39, 0.29) is 13.2 Å². The summed E-state index contributed by atoms with van der Waals surface area (Å²) in [5.74, 6) is 0. The fraction of sp³-hybridized carbons (Fsp3) is 0.100. The summed E-state index contributed by atoms with van der Waals surface area (Å²) in [7, 11) is 0. The molecule has 0 aromatic heterocycles. The number of aliphatic hydroxyl groups is 2. The molecule has 0 saturated heterocycles. The second kappa shape index (κ2) is 8.49. The van der Waals surface area contributed by atoms with E-state index in [4.69, 9.17) is 0 Å². The Balaban J connectivity index is 2.47. The first-order valence-corrected chi connectivity index (χ1v) is 6.91. The molecule has 0 aliphatic rings. The molecule has 2 aromatic carbocycles. The van der Waals surface area contributed by atoms with E-state index >= 15 is 0 Å². The monoisotopic (exact) mass is 288 g/mol.